The van der Waals surface area contributed by atoms with E-state index in [1.807, 2.05) is 0 Å². The highest BCUT2D eigenvalue weighted by atomic mass is 16.1. The van der Waals surface area contributed by atoms with Crippen LogP contribution in [0.15, 0.2) is 54.6 Å². The van der Waals surface area contributed by atoms with Crippen LogP contribution in [0, 0.1) is 5.92 Å². The van der Waals surface area contributed by atoms with Crippen molar-refractivity contribution in [1.29, 1.82) is 0 Å². The molecule has 4 atom stereocenters. The number of rotatable bonds is 3. The Balaban J connectivity index is 1.53. The Hall–Kier alpha value is -2.13. The van der Waals surface area contributed by atoms with Crippen LogP contribution in [0.3, 0.4) is 0 Å². The number of carbonyl (C=O) groups is 1. The van der Waals surface area contributed by atoms with E-state index in [2.05, 4.69) is 78.7 Å². The molecule has 2 heterocycles. The van der Waals surface area contributed by atoms with Gasteiger partial charge in [-0.2, -0.15) is 0 Å². The van der Waals surface area contributed by atoms with Crippen LogP contribution in [0.4, 0.5) is 0 Å². The van der Waals surface area contributed by atoms with E-state index < -0.39 is 0 Å². The molecule has 1 amide bonds. The quantitative estimate of drug-likeness (QED) is 0.760. The number of fused-ring (bicyclic) bond motifs is 2. The van der Waals surface area contributed by atoms with Crippen LogP contribution < -0.4 is 5.32 Å². The molecular formula is C27H34N2O. The molecule has 2 aromatic rings. The maximum Gasteiger partial charge on any atom is 0.209 e. The molecule has 1 aliphatic carbocycles. The Bertz CT molecular complexity index is 908. The SMILES string of the molecule is CC1(C)CC[C@]2(CNC[C@H]2C2CC(c3ccccc3)CCN2C=O)c2ccccc21. The van der Waals surface area contributed by atoms with E-state index in [1.165, 1.54) is 29.5 Å². The lowest BCUT2D eigenvalue weighted by atomic mass is 9.56. The predicted molar refractivity (Wildman–Crippen MR) is 122 cm³/mol. The number of nitrogens with zero attached hydrogens (tertiary/aromatic N) is 1. The van der Waals surface area contributed by atoms with Crippen molar-refractivity contribution in [1.82, 2.24) is 10.2 Å². The zero-order valence-corrected chi connectivity index (χ0v) is 18.3. The van der Waals surface area contributed by atoms with Gasteiger partial charge >= 0.3 is 0 Å². The molecule has 0 saturated carbocycles. The summed E-state index contributed by atoms with van der Waals surface area (Å²) in [6.07, 6.45) is 5.67. The zero-order valence-electron chi connectivity index (χ0n) is 18.3. The largest absolute Gasteiger partial charge is 0.342 e. The summed E-state index contributed by atoms with van der Waals surface area (Å²) < 4.78 is 0. The second kappa shape index (κ2) is 7.53. The van der Waals surface area contributed by atoms with Crippen molar-refractivity contribution < 1.29 is 4.79 Å². The molecule has 0 aromatic heterocycles. The average molecular weight is 403 g/mol. The van der Waals surface area contributed by atoms with Gasteiger partial charge in [-0.1, -0.05) is 68.4 Å². The molecule has 3 nitrogen and oxygen atoms in total. The van der Waals surface area contributed by atoms with Gasteiger partial charge in [0.25, 0.3) is 0 Å². The number of nitrogens with one attached hydrogen (secondary N) is 1. The molecular weight excluding hydrogens is 368 g/mol. The smallest absolute Gasteiger partial charge is 0.209 e. The third-order valence-electron chi connectivity index (χ3n) is 8.46. The number of piperidine rings is 1. The molecule has 5 rings (SSSR count). The van der Waals surface area contributed by atoms with E-state index in [0.29, 0.717) is 17.9 Å². The van der Waals surface area contributed by atoms with Crippen LogP contribution in [0.1, 0.15) is 62.1 Å². The maximum absolute atomic E-state index is 12.1. The molecule has 0 bridgehead atoms. The Morgan fingerprint density at radius 1 is 1.00 bits per heavy atom. The van der Waals surface area contributed by atoms with E-state index in [-0.39, 0.29) is 10.8 Å². The van der Waals surface area contributed by atoms with Gasteiger partial charge in [-0.3, -0.25) is 4.79 Å². The minimum absolute atomic E-state index is 0.136. The van der Waals surface area contributed by atoms with Crippen molar-refractivity contribution in [2.24, 2.45) is 5.92 Å². The lowest BCUT2D eigenvalue weighted by molar-refractivity contribution is -0.123. The van der Waals surface area contributed by atoms with Crippen molar-refractivity contribution in [3.63, 3.8) is 0 Å². The predicted octanol–water partition coefficient (Wildman–Crippen LogP) is 4.62. The summed E-state index contributed by atoms with van der Waals surface area (Å²) in [5, 5.41) is 3.76. The van der Waals surface area contributed by atoms with Crippen LogP contribution in [0.5, 0.6) is 0 Å². The summed E-state index contributed by atoms with van der Waals surface area (Å²) in [5.74, 6) is 1.01. The lowest BCUT2D eigenvalue weighted by Crippen LogP contribution is -2.53. The van der Waals surface area contributed by atoms with Gasteiger partial charge in [-0.05, 0) is 53.7 Å². The Morgan fingerprint density at radius 3 is 2.50 bits per heavy atom. The van der Waals surface area contributed by atoms with E-state index in [4.69, 9.17) is 0 Å². The molecule has 2 unspecified atom stereocenters. The molecule has 2 aromatic carbocycles. The fraction of sp³-hybridized carbons (Fsp3) is 0.519. The van der Waals surface area contributed by atoms with Gasteiger partial charge in [0.1, 0.15) is 0 Å². The molecule has 2 fully saturated rings. The first-order valence-corrected chi connectivity index (χ1v) is 11.6. The third kappa shape index (κ3) is 3.10. The van der Waals surface area contributed by atoms with Crippen LogP contribution in [0.2, 0.25) is 0 Å². The molecule has 2 saturated heterocycles. The van der Waals surface area contributed by atoms with Crippen LogP contribution >= 0.6 is 0 Å². The first kappa shape index (κ1) is 19.8. The van der Waals surface area contributed by atoms with Crippen molar-refractivity contribution in [3.05, 3.63) is 71.3 Å². The number of likely N-dealkylation sites (tertiary alicyclic amines) is 1. The monoisotopic (exact) mass is 402 g/mol. The molecule has 30 heavy (non-hydrogen) atoms. The second-order valence-electron chi connectivity index (χ2n) is 10.4. The summed E-state index contributed by atoms with van der Waals surface area (Å²) >= 11 is 0. The topological polar surface area (TPSA) is 32.3 Å². The molecule has 2 aliphatic heterocycles. The van der Waals surface area contributed by atoms with E-state index in [0.717, 1.165) is 38.9 Å². The fourth-order valence-corrected chi connectivity index (χ4v) is 6.73. The Kier molecular flexibility index (Phi) is 4.97. The van der Waals surface area contributed by atoms with Crippen molar-refractivity contribution >= 4 is 6.41 Å². The highest BCUT2D eigenvalue weighted by molar-refractivity contribution is 5.50. The number of carbonyl (C=O) groups excluding carboxylic acids is 1. The van der Waals surface area contributed by atoms with Crippen molar-refractivity contribution in [2.45, 2.75) is 62.3 Å². The third-order valence-corrected chi connectivity index (χ3v) is 8.46. The molecule has 1 N–H and O–H groups in total. The standard InChI is InChI=1S/C27H34N2O/c1-26(2)13-14-27(23-11-7-6-10-22(23)26)18-28-17-24(27)25-16-21(12-15-29(25)19-30)20-8-4-3-5-9-20/h3-11,19,21,24-25,28H,12-18H2,1-2H3/t21?,24-,25?,27-/m0/s1. The maximum atomic E-state index is 12.1. The van der Waals surface area contributed by atoms with Gasteiger partial charge in [-0.15, -0.1) is 0 Å². The summed E-state index contributed by atoms with van der Waals surface area (Å²) in [6, 6.07) is 20.3. The van der Waals surface area contributed by atoms with Gasteiger partial charge in [0.05, 0.1) is 0 Å². The Labute approximate surface area is 180 Å². The number of benzene rings is 2. The zero-order chi connectivity index (χ0) is 20.8. The van der Waals surface area contributed by atoms with Gasteiger partial charge < -0.3 is 10.2 Å². The Morgan fingerprint density at radius 2 is 1.73 bits per heavy atom. The molecule has 3 aliphatic rings. The van der Waals surface area contributed by atoms with E-state index >= 15 is 0 Å². The molecule has 1 spiro atoms. The molecule has 3 heteroatoms. The number of hydrogen-bond donors (Lipinski definition) is 1. The van der Waals surface area contributed by atoms with Crippen LogP contribution in [0.25, 0.3) is 0 Å². The van der Waals surface area contributed by atoms with Crippen LogP contribution in [-0.4, -0.2) is 37.0 Å². The highest BCUT2D eigenvalue weighted by Crippen LogP contribution is 2.53. The molecule has 0 radical (unpaired) electrons. The van der Waals surface area contributed by atoms with E-state index in [9.17, 15) is 4.79 Å². The van der Waals surface area contributed by atoms with Gasteiger partial charge in [0.15, 0.2) is 0 Å². The minimum atomic E-state index is 0.136. The second-order valence-corrected chi connectivity index (χ2v) is 10.4. The van der Waals surface area contributed by atoms with Crippen molar-refractivity contribution in [2.75, 3.05) is 19.6 Å². The van der Waals surface area contributed by atoms with Crippen LogP contribution in [-0.2, 0) is 15.6 Å². The number of hydrogen-bond acceptors (Lipinski definition) is 2. The van der Waals surface area contributed by atoms with E-state index in [1.54, 1.807) is 0 Å². The number of amides is 1. The van der Waals surface area contributed by atoms with Crippen molar-refractivity contribution in [3.8, 4) is 0 Å². The first-order chi connectivity index (χ1) is 14.5. The minimum Gasteiger partial charge on any atom is -0.342 e. The molecule has 158 valence electrons. The lowest BCUT2D eigenvalue weighted by Gasteiger charge is -2.51. The normalized spacial score (nSPS) is 32.7. The summed E-state index contributed by atoms with van der Waals surface area (Å²) in [5.41, 5.74) is 4.83. The first-order valence-electron chi connectivity index (χ1n) is 11.6. The van der Waals surface area contributed by atoms with Gasteiger partial charge in [0, 0.05) is 37.0 Å². The average Bonchev–Trinajstić information content (AvgIpc) is 3.22. The van der Waals surface area contributed by atoms with Gasteiger partial charge in [0.2, 0.25) is 6.41 Å². The van der Waals surface area contributed by atoms with Gasteiger partial charge in [-0.25, -0.2) is 0 Å². The fourth-order valence-electron chi connectivity index (χ4n) is 6.73. The summed E-state index contributed by atoms with van der Waals surface area (Å²) in [7, 11) is 0. The highest BCUT2D eigenvalue weighted by Gasteiger charge is 2.53. The summed E-state index contributed by atoms with van der Waals surface area (Å²) in [4.78, 5) is 14.2. The summed E-state index contributed by atoms with van der Waals surface area (Å²) in [6.45, 7) is 7.68.